The average Bonchev–Trinajstić information content (AvgIpc) is 2.76. The van der Waals surface area contributed by atoms with Gasteiger partial charge in [0.25, 0.3) is 5.91 Å². The summed E-state index contributed by atoms with van der Waals surface area (Å²) in [4.78, 5) is 29.8. The molecule has 0 spiro atoms. The van der Waals surface area contributed by atoms with Crippen molar-refractivity contribution in [1.29, 1.82) is 0 Å². The lowest BCUT2D eigenvalue weighted by Crippen LogP contribution is -2.46. The molecule has 1 heterocycles. The van der Waals surface area contributed by atoms with E-state index in [2.05, 4.69) is 16.0 Å². The van der Waals surface area contributed by atoms with Crippen LogP contribution in [0.3, 0.4) is 0 Å². The summed E-state index contributed by atoms with van der Waals surface area (Å²) >= 11 is 0. The SMILES string of the molecule is CN.NC(=Nc1c(N)cccc1C=O)c1ccc(C(=O)N2CCNCC2)cc1. The van der Waals surface area contributed by atoms with Crippen LogP contribution in [0, 0.1) is 0 Å². The molecule has 1 fully saturated rings. The van der Waals surface area contributed by atoms with Gasteiger partial charge in [-0.15, -0.1) is 0 Å². The van der Waals surface area contributed by atoms with Crippen molar-refractivity contribution in [2.24, 2.45) is 16.5 Å². The van der Waals surface area contributed by atoms with Gasteiger partial charge < -0.3 is 27.4 Å². The number of hydrogen-bond donors (Lipinski definition) is 4. The highest BCUT2D eigenvalue weighted by molar-refractivity contribution is 6.02. The van der Waals surface area contributed by atoms with E-state index < -0.39 is 0 Å². The maximum absolute atomic E-state index is 12.5. The van der Waals surface area contributed by atoms with E-state index in [9.17, 15) is 9.59 Å². The number of hydrogen-bond acceptors (Lipinski definition) is 6. The molecule has 0 saturated carbocycles. The number of amidine groups is 1. The first kappa shape index (κ1) is 21.1. The maximum atomic E-state index is 12.5. The van der Waals surface area contributed by atoms with Crippen LogP contribution >= 0.6 is 0 Å². The van der Waals surface area contributed by atoms with Crippen LogP contribution in [-0.2, 0) is 0 Å². The molecule has 7 N–H and O–H groups in total. The summed E-state index contributed by atoms with van der Waals surface area (Å²) in [7, 11) is 1.50. The molecule has 2 aromatic carbocycles. The molecule has 0 atom stereocenters. The molecule has 1 aliphatic heterocycles. The van der Waals surface area contributed by atoms with Crippen LogP contribution in [0.1, 0.15) is 26.3 Å². The molecule has 1 amide bonds. The number of piperazine rings is 1. The van der Waals surface area contributed by atoms with Gasteiger partial charge in [-0.05, 0) is 31.3 Å². The summed E-state index contributed by atoms with van der Waals surface area (Å²) < 4.78 is 0. The summed E-state index contributed by atoms with van der Waals surface area (Å²) in [6.07, 6.45) is 0.692. The van der Waals surface area contributed by atoms with Crippen LogP contribution in [0.4, 0.5) is 11.4 Å². The number of nitrogens with one attached hydrogen (secondary N) is 1. The van der Waals surface area contributed by atoms with Gasteiger partial charge in [-0.2, -0.15) is 0 Å². The number of nitrogen functional groups attached to an aromatic ring is 1. The predicted molar refractivity (Wildman–Crippen MR) is 112 cm³/mol. The number of nitrogens with zero attached hydrogens (tertiary/aromatic N) is 2. The number of nitrogens with two attached hydrogens (primary N) is 3. The Morgan fingerprint density at radius 2 is 1.68 bits per heavy atom. The van der Waals surface area contributed by atoms with Gasteiger partial charge in [0.1, 0.15) is 5.84 Å². The molecule has 3 rings (SSSR count). The molecule has 0 aliphatic carbocycles. The molecule has 148 valence electrons. The molecule has 2 aromatic rings. The molecular formula is C20H26N6O2. The first-order valence-electron chi connectivity index (χ1n) is 8.96. The molecule has 0 aromatic heterocycles. The molecule has 8 nitrogen and oxygen atoms in total. The van der Waals surface area contributed by atoms with Crippen molar-refractivity contribution >= 4 is 29.4 Å². The lowest BCUT2D eigenvalue weighted by molar-refractivity contribution is 0.0735. The third-order valence-corrected chi connectivity index (χ3v) is 4.29. The fourth-order valence-corrected chi connectivity index (χ4v) is 2.82. The number of aldehydes is 1. The fourth-order valence-electron chi connectivity index (χ4n) is 2.82. The second-order valence-electron chi connectivity index (χ2n) is 6.02. The van der Waals surface area contributed by atoms with Crippen LogP contribution in [0.25, 0.3) is 0 Å². The van der Waals surface area contributed by atoms with Gasteiger partial charge in [-0.3, -0.25) is 9.59 Å². The lowest BCUT2D eigenvalue weighted by atomic mass is 10.1. The summed E-state index contributed by atoms with van der Waals surface area (Å²) in [5.74, 6) is 0.233. The monoisotopic (exact) mass is 382 g/mol. The Balaban J connectivity index is 0.00000136. The first-order valence-corrected chi connectivity index (χ1v) is 8.96. The molecule has 1 saturated heterocycles. The van der Waals surface area contributed by atoms with Gasteiger partial charge in [0.15, 0.2) is 6.29 Å². The second-order valence-corrected chi connectivity index (χ2v) is 6.02. The van der Waals surface area contributed by atoms with E-state index in [4.69, 9.17) is 11.5 Å². The molecule has 0 unspecified atom stereocenters. The van der Waals surface area contributed by atoms with Gasteiger partial charge in [-0.25, -0.2) is 4.99 Å². The van der Waals surface area contributed by atoms with Crippen molar-refractivity contribution < 1.29 is 9.59 Å². The third-order valence-electron chi connectivity index (χ3n) is 4.29. The van der Waals surface area contributed by atoms with E-state index in [0.717, 1.165) is 13.1 Å². The number of amides is 1. The molecule has 0 radical (unpaired) electrons. The number of anilines is 1. The Labute approximate surface area is 164 Å². The number of para-hydroxylation sites is 1. The Morgan fingerprint density at radius 3 is 2.29 bits per heavy atom. The van der Waals surface area contributed by atoms with E-state index in [1.807, 2.05) is 4.90 Å². The first-order chi connectivity index (χ1) is 13.6. The van der Waals surface area contributed by atoms with Crippen LogP contribution in [-0.4, -0.2) is 56.2 Å². The zero-order valence-corrected chi connectivity index (χ0v) is 15.9. The zero-order chi connectivity index (χ0) is 20.5. The zero-order valence-electron chi connectivity index (χ0n) is 15.9. The van der Waals surface area contributed by atoms with E-state index in [0.29, 0.717) is 47.4 Å². The van der Waals surface area contributed by atoms with Crippen molar-refractivity contribution in [3.05, 3.63) is 59.2 Å². The van der Waals surface area contributed by atoms with E-state index in [1.54, 1.807) is 42.5 Å². The minimum atomic E-state index is 0.00380. The third kappa shape index (κ3) is 4.93. The van der Waals surface area contributed by atoms with E-state index in [-0.39, 0.29) is 11.7 Å². The van der Waals surface area contributed by atoms with Crippen LogP contribution in [0.2, 0.25) is 0 Å². The highest BCUT2D eigenvalue weighted by atomic mass is 16.2. The van der Waals surface area contributed by atoms with Gasteiger partial charge in [0.05, 0.1) is 11.4 Å². The average molecular weight is 382 g/mol. The van der Waals surface area contributed by atoms with Gasteiger partial charge in [0.2, 0.25) is 0 Å². The number of carbonyl (C=O) groups excluding carboxylic acids is 2. The fraction of sp³-hybridized carbons (Fsp3) is 0.250. The summed E-state index contributed by atoms with van der Waals surface area (Å²) in [6.45, 7) is 3.01. The van der Waals surface area contributed by atoms with Gasteiger partial charge in [-0.1, -0.05) is 18.2 Å². The summed E-state index contributed by atoms with van der Waals surface area (Å²) in [5.41, 5.74) is 18.8. The molecular weight excluding hydrogens is 356 g/mol. The molecule has 28 heavy (non-hydrogen) atoms. The van der Waals surface area contributed by atoms with Crippen LogP contribution in [0.5, 0.6) is 0 Å². The summed E-state index contributed by atoms with van der Waals surface area (Å²) in [5, 5.41) is 3.22. The van der Waals surface area contributed by atoms with Gasteiger partial charge in [0, 0.05) is 42.9 Å². The lowest BCUT2D eigenvalue weighted by Gasteiger charge is -2.27. The van der Waals surface area contributed by atoms with Crippen LogP contribution in [0.15, 0.2) is 47.5 Å². The second kappa shape index (κ2) is 10.2. The van der Waals surface area contributed by atoms with Crippen molar-refractivity contribution in [3.8, 4) is 0 Å². The molecule has 1 aliphatic rings. The Kier molecular flexibility index (Phi) is 7.67. The smallest absolute Gasteiger partial charge is 0.253 e. The predicted octanol–water partition coefficient (Wildman–Crippen LogP) is 0.739. The number of benzene rings is 2. The molecule has 0 bridgehead atoms. The highest BCUT2D eigenvalue weighted by Gasteiger charge is 2.17. The van der Waals surface area contributed by atoms with Gasteiger partial charge >= 0.3 is 0 Å². The standard InChI is InChI=1S/C19H21N5O2.CH5N/c20-16-3-1-2-15(12-25)17(16)23-18(21)13-4-6-14(7-5-13)19(26)24-10-8-22-9-11-24;1-2/h1-7,12,22H,8-11,20H2,(H2,21,23);2H2,1H3. The Morgan fingerprint density at radius 1 is 1.07 bits per heavy atom. The quantitative estimate of drug-likeness (QED) is 0.266. The maximum Gasteiger partial charge on any atom is 0.253 e. The highest BCUT2D eigenvalue weighted by Crippen LogP contribution is 2.26. The summed E-state index contributed by atoms with van der Waals surface area (Å²) in [6, 6.07) is 11.9. The van der Waals surface area contributed by atoms with E-state index in [1.165, 1.54) is 7.05 Å². The largest absolute Gasteiger partial charge is 0.397 e. The normalized spacial score (nSPS) is 14.1. The van der Waals surface area contributed by atoms with Crippen molar-refractivity contribution in [3.63, 3.8) is 0 Å². The van der Waals surface area contributed by atoms with E-state index >= 15 is 0 Å². The van der Waals surface area contributed by atoms with Crippen molar-refractivity contribution in [2.45, 2.75) is 0 Å². The van der Waals surface area contributed by atoms with Crippen molar-refractivity contribution in [2.75, 3.05) is 39.0 Å². The number of rotatable bonds is 4. The minimum absolute atomic E-state index is 0.00380. The van der Waals surface area contributed by atoms with Crippen LogP contribution < -0.4 is 22.5 Å². The Bertz CT molecular complexity index is 842. The van der Waals surface area contributed by atoms with Crippen molar-refractivity contribution in [1.82, 2.24) is 10.2 Å². The topological polar surface area (TPSA) is 140 Å². The number of carbonyl (C=O) groups is 2. The minimum Gasteiger partial charge on any atom is -0.397 e. The number of aliphatic imine (C=N–C) groups is 1. The molecule has 8 heteroatoms. The Hall–Kier alpha value is -3.23.